The van der Waals surface area contributed by atoms with Crippen molar-refractivity contribution in [2.45, 2.75) is 39.2 Å². The predicted molar refractivity (Wildman–Crippen MR) is 92.5 cm³/mol. The lowest BCUT2D eigenvalue weighted by Gasteiger charge is -2.32. The summed E-state index contributed by atoms with van der Waals surface area (Å²) in [6.07, 6.45) is 3.21. The van der Waals surface area contributed by atoms with E-state index < -0.39 is 11.6 Å². The van der Waals surface area contributed by atoms with E-state index in [9.17, 15) is 13.6 Å². The highest BCUT2D eigenvalue weighted by molar-refractivity contribution is 5.74. The fourth-order valence-corrected chi connectivity index (χ4v) is 3.28. The number of halogens is 2. The summed E-state index contributed by atoms with van der Waals surface area (Å²) in [6.45, 7) is 3.51. The molecule has 0 atom stereocenters. The van der Waals surface area contributed by atoms with Gasteiger partial charge in [0, 0.05) is 25.2 Å². The van der Waals surface area contributed by atoms with Crippen molar-refractivity contribution in [2.75, 3.05) is 13.1 Å². The van der Waals surface area contributed by atoms with E-state index >= 15 is 0 Å². The molecule has 1 fully saturated rings. The minimum Gasteiger partial charge on any atom is -0.359 e. The number of benzene rings is 1. The van der Waals surface area contributed by atoms with Crippen LogP contribution in [0.3, 0.4) is 0 Å². The summed E-state index contributed by atoms with van der Waals surface area (Å²) >= 11 is 0. The van der Waals surface area contributed by atoms with Crippen LogP contribution in [0.25, 0.3) is 0 Å². The Morgan fingerprint density at radius 3 is 2.73 bits per heavy atom. The van der Waals surface area contributed by atoms with E-state index in [1.807, 2.05) is 6.92 Å². The summed E-state index contributed by atoms with van der Waals surface area (Å²) < 4.78 is 31.7. The van der Waals surface area contributed by atoms with Gasteiger partial charge in [-0.3, -0.25) is 0 Å². The Hall–Kier alpha value is -2.44. The fourth-order valence-electron chi connectivity index (χ4n) is 3.28. The number of hydrogen-bond donors (Lipinski definition) is 1. The number of aryl methyl sites for hydroxylation is 2. The molecule has 1 saturated heterocycles. The molecule has 3 rings (SSSR count). The summed E-state index contributed by atoms with van der Waals surface area (Å²) in [6, 6.07) is 5.42. The number of hydrogen-bond acceptors (Lipinski definition) is 3. The third-order valence-corrected chi connectivity index (χ3v) is 4.83. The largest absolute Gasteiger partial charge is 0.359 e. The van der Waals surface area contributed by atoms with Gasteiger partial charge in [0.15, 0.2) is 5.76 Å². The van der Waals surface area contributed by atoms with Gasteiger partial charge in [-0.05, 0) is 50.2 Å². The summed E-state index contributed by atoms with van der Waals surface area (Å²) in [5.41, 5.74) is 1.33. The zero-order chi connectivity index (χ0) is 18.5. The molecule has 0 unspecified atom stereocenters. The smallest absolute Gasteiger partial charge is 0.317 e. The highest BCUT2D eigenvalue weighted by atomic mass is 19.1. The van der Waals surface area contributed by atoms with E-state index in [0.29, 0.717) is 43.3 Å². The van der Waals surface area contributed by atoms with E-state index in [0.717, 1.165) is 31.0 Å². The predicted octanol–water partition coefficient (Wildman–Crippen LogP) is 3.82. The van der Waals surface area contributed by atoms with Gasteiger partial charge in [0.05, 0.1) is 12.2 Å². The van der Waals surface area contributed by atoms with Crippen molar-refractivity contribution in [3.05, 3.63) is 52.9 Å². The summed E-state index contributed by atoms with van der Waals surface area (Å²) in [4.78, 5) is 14.0. The Bertz CT molecular complexity index is 755. The van der Waals surface area contributed by atoms with E-state index in [1.54, 1.807) is 11.0 Å². The van der Waals surface area contributed by atoms with Crippen LogP contribution in [-0.4, -0.2) is 29.2 Å². The molecule has 2 amide bonds. The van der Waals surface area contributed by atoms with Crippen molar-refractivity contribution in [1.82, 2.24) is 15.4 Å². The molecule has 1 aromatic heterocycles. The molecular formula is C19H23F2N3O2. The monoisotopic (exact) mass is 363 g/mol. The van der Waals surface area contributed by atoms with E-state index in [-0.39, 0.29) is 6.03 Å². The molecular weight excluding hydrogens is 340 g/mol. The number of carbonyl (C=O) groups excluding carboxylic acids is 1. The van der Waals surface area contributed by atoms with Crippen LogP contribution in [0, 0.1) is 24.5 Å². The van der Waals surface area contributed by atoms with Gasteiger partial charge in [-0.1, -0.05) is 11.2 Å². The quantitative estimate of drug-likeness (QED) is 0.879. The molecule has 26 heavy (non-hydrogen) atoms. The topological polar surface area (TPSA) is 58.4 Å². The molecule has 0 aliphatic carbocycles. The Kier molecular flexibility index (Phi) is 5.85. The first-order chi connectivity index (χ1) is 12.5. The van der Waals surface area contributed by atoms with Crippen LogP contribution in [0.1, 0.15) is 36.3 Å². The van der Waals surface area contributed by atoms with Crippen molar-refractivity contribution < 1.29 is 18.1 Å². The second kappa shape index (κ2) is 8.29. The molecule has 1 aromatic carbocycles. The Labute approximate surface area is 151 Å². The molecule has 140 valence electrons. The highest BCUT2D eigenvalue weighted by Crippen LogP contribution is 2.23. The Morgan fingerprint density at radius 2 is 2.08 bits per heavy atom. The van der Waals surface area contributed by atoms with Crippen LogP contribution in [0.15, 0.2) is 28.8 Å². The van der Waals surface area contributed by atoms with Crippen LogP contribution in [0.4, 0.5) is 13.6 Å². The first-order valence-electron chi connectivity index (χ1n) is 8.90. The zero-order valence-corrected chi connectivity index (χ0v) is 14.8. The molecule has 0 saturated carbocycles. The molecule has 1 aliphatic heterocycles. The molecule has 2 heterocycles. The fraction of sp³-hybridized carbons (Fsp3) is 0.474. The van der Waals surface area contributed by atoms with E-state index in [1.165, 1.54) is 12.1 Å². The molecule has 0 spiro atoms. The highest BCUT2D eigenvalue weighted by Gasteiger charge is 2.23. The molecule has 5 nitrogen and oxygen atoms in total. The molecule has 2 aromatic rings. The van der Waals surface area contributed by atoms with Crippen LogP contribution in [0.2, 0.25) is 0 Å². The Morgan fingerprint density at radius 1 is 1.31 bits per heavy atom. The van der Waals surface area contributed by atoms with Gasteiger partial charge in [0.2, 0.25) is 0 Å². The van der Waals surface area contributed by atoms with E-state index in [2.05, 4.69) is 10.5 Å². The lowest BCUT2D eigenvalue weighted by atomic mass is 9.90. The molecule has 1 aliphatic rings. The van der Waals surface area contributed by atoms with Gasteiger partial charge in [-0.15, -0.1) is 0 Å². The lowest BCUT2D eigenvalue weighted by molar-refractivity contribution is 0.166. The average Bonchev–Trinajstić information content (AvgIpc) is 3.05. The van der Waals surface area contributed by atoms with Crippen molar-refractivity contribution in [1.29, 1.82) is 0 Å². The van der Waals surface area contributed by atoms with Crippen molar-refractivity contribution in [3.63, 3.8) is 0 Å². The number of carbonyl (C=O) groups is 1. The molecule has 7 heteroatoms. The summed E-state index contributed by atoms with van der Waals surface area (Å²) in [5, 5.41) is 6.62. The number of urea groups is 1. The molecule has 0 radical (unpaired) electrons. The number of nitrogens with one attached hydrogen (secondary N) is 1. The van der Waals surface area contributed by atoms with Gasteiger partial charge in [-0.25, -0.2) is 13.6 Å². The minimum absolute atomic E-state index is 0.109. The van der Waals surface area contributed by atoms with Gasteiger partial charge < -0.3 is 14.7 Å². The zero-order valence-electron chi connectivity index (χ0n) is 14.8. The normalized spacial score (nSPS) is 15.3. The first-order valence-corrected chi connectivity index (χ1v) is 8.90. The second-order valence-corrected chi connectivity index (χ2v) is 6.80. The number of rotatable bonds is 5. The van der Waals surface area contributed by atoms with Crippen molar-refractivity contribution in [3.8, 4) is 0 Å². The Balaban J connectivity index is 1.40. The van der Waals surface area contributed by atoms with Gasteiger partial charge >= 0.3 is 6.03 Å². The van der Waals surface area contributed by atoms with E-state index in [4.69, 9.17) is 4.52 Å². The van der Waals surface area contributed by atoms with Crippen LogP contribution in [-0.2, 0) is 13.0 Å². The number of nitrogens with zero attached hydrogens (tertiary/aromatic N) is 2. The minimum atomic E-state index is -0.550. The summed E-state index contributed by atoms with van der Waals surface area (Å²) in [7, 11) is 0. The number of amides is 2. The molecule has 0 bridgehead atoms. The van der Waals surface area contributed by atoms with Gasteiger partial charge in [0.1, 0.15) is 11.6 Å². The second-order valence-electron chi connectivity index (χ2n) is 6.80. The van der Waals surface area contributed by atoms with Crippen molar-refractivity contribution >= 4 is 6.03 Å². The van der Waals surface area contributed by atoms with Crippen LogP contribution in [0.5, 0.6) is 0 Å². The van der Waals surface area contributed by atoms with Crippen LogP contribution < -0.4 is 5.32 Å². The number of likely N-dealkylation sites (tertiary alicyclic amines) is 1. The maximum atomic E-state index is 13.7. The molecule has 1 N–H and O–H groups in total. The average molecular weight is 363 g/mol. The maximum Gasteiger partial charge on any atom is 0.317 e. The standard InChI is InChI=1S/C19H23F2N3O2/c1-13-10-17(26-23-13)12-22-19(25)24-8-6-14(7-9-24)2-3-15-4-5-16(20)11-18(15)21/h4-5,10-11,14H,2-3,6-9,12H2,1H3,(H,22,25). The van der Waals surface area contributed by atoms with Crippen LogP contribution >= 0.6 is 0 Å². The summed E-state index contributed by atoms with van der Waals surface area (Å²) in [5.74, 6) is 0.0445. The first kappa shape index (κ1) is 18.4. The maximum absolute atomic E-state index is 13.7. The van der Waals surface area contributed by atoms with Gasteiger partial charge in [-0.2, -0.15) is 0 Å². The SMILES string of the molecule is Cc1cc(CNC(=O)N2CCC(CCc3ccc(F)cc3F)CC2)on1. The number of aromatic nitrogens is 1. The van der Waals surface area contributed by atoms with Gasteiger partial charge in [0.25, 0.3) is 0 Å². The van der Waals surface area contributed by atoms with Crippen molar-refractivity contribution in [2.24, 2.45) is 5.92 Å². The third kappa shape index (κ3) is 4.80. The lowest BCUT2D eigenvalue weighted by Crippen LogP contribution is -2.44. The number of piperidine rings is 1. The third-order valence-electron chi connectivity index (χ3n) is 4.83.